The van der Waals surface area contributed by atoms with E-state index in [1.54, 1.807) is 24.3 Å². The molecule has 1 atom stereocenters. The minimum atomic E-state index is -4.60. The van der Waals surface area contributed by atoms with Gasteiger partial charge < -0.3 is 4.90 Å². The molecule has 2 aromatic heterocycles. The quantitative estimate of drug-likeness (QED) is 0.593. The van der Waals surface area contributed by atoms with Crippen LogP contribution in [0.4, 0.5) is 19.1 Å². The Morgan fingerprint density at radius 1 is 1.16 bits per heavy atom. The summed E-state index contributed by atoms with van der Waals surface area (Å²) in [4.78, 5) is 38.4. The molecule has 0 N–H and O–H groups in total. The third-order valence-corrected chi connectivity index (χ3v) is 5.16. The van der Waals surface area contributed by atoms with E-state index in [4.69, 9.17) is 0 Å². The number of Topliss-reactive ketones (excluding diaryl/α,β-unsaturated/α-hetero) is 1. The van der Waals surface area contributed by atoms with Crippen LogP contribution in [0.25, 0.3) is 11.4 Å². The Morgan fingerprint density at radius 2 is 1.90 bits per heavy atom. The summed E-state index contributed by atoms with van der Waals surface area (Å²) in [5.74, 6) is -0.695. The van der Waals surface area contributed by atoms with Gasteiger partial charge in [-0.05, 0) is 19.4 Å². The molecule has 0 aliphatic carbocycles. The molecule has 1 aromatic carbocycles. The van der Waals surface area contributed by atoms with Gasteiger partial charge in [0.1, 0.15) is 12.4 Å². The van der Waals surface area contributed by atoms with E-state index in [9.17, 15) is 22.8 Å². The van der Waals surface area contributed by atoms with Crippen LogP contribution in [0, 0.1) is 6.92 Å². The lowest BCUT2D eigenvalue weighted by Crippen LogP contribution is -2.54. The lowest BCUT2D eigenvalue weighted by Gasteiger charge is -2.38. The van der Waals surface area contributed by atoms with E-state index in [-0.39, 0.29) is 30.2 Å². The van der Waals surface area contributed by atoms with Crippen molar-refractivity contribution in [3.8, 4) is 11.4 Å². The summed E-state index contributed by atoms with van der Waals surface area (Å²) in [6.45, 7) is 1.14. The maximum Gasteiger partial charge on any atom is 0.408 e. The first kappa shape index (κ1) is 20.7. The fourth-order valence-corrected chi connectivity index (χ4v) is 3.55. The topological polar surface area (TPSA) is 81.0 Å². The first-order valence-electron chi connectivity index (χ1n) is 9.55. The van der Waals surface area contributed by atoms with Crippen molar-refractivity contribution in [3.05, 3.63) is 70.4 Å². The maximum absolute atomic E-state index is 13.8. The van der Waals surface area contributed by atoms with Gasteiger partial charge >= 0.3 is 6.18 Å². The molecule has 1 aliphatic heterocycles. The molecule has 160 valence electrons. The lowest BCUT2D eigenvalue weighted by atomic mass is 10.1. The molecule has 0 bridgehead atoms. The maximum atomic E-state index is 13.8. The lowest BCUT2D eigenvalue weighted by molar-refractivity contribution is -0.152. The van der Waals surface area contributed by atoms with Crippen LogP contribution >= 0.6 is 0 Å². The molecular weight excluding hydrogens is 411 g/mol. The van der Waals surface area contributed by atoms with Crippen molar-refractivity contribution in [2.45, 2.75) is 32.1 Å². The second-order valence-corrected chi connectivity index (χ2v) is 7.29. The predicted octanol–water partition coefficient (Wildman–Crippen LogP) is 3.03. The Balaban J connectivity index is 1.79. The predicted molar refractivity (Wildman–Crippen MR) is 107 cm³/mol. The van der Waals surface area contributed by atoms with Gasteiger partial charge in [0.05, 0.1) is 17.9 Å². The second-order valence-electron chi connectivity index (χ2n) is 7.29. The largest absolute Gasteiger partial charge is 0.408 e. The summed E-state index contributed by atoms with van der Waals surface area (Å²) in [7, 11) is 0. The molecule has 0 amide bonds. The number of halogens is 3. The molecule has 7 nitrogen and oxygen atoms in total. The van der Waals surface area contributed by atoms with E-state index in [2.05, 4.69) is 15.0 Å². The van der Waals surface area contributed by atoms with Crippen LogP contribution in [0.1, 0.15) is 22.3 Å². The van der Waals surface area contributed by atoms with Crippen LogP contribution < -0.4 is 10.5 Å². The molecule has 1 unspecified atom stereocenters. The van der Waals surface area contributed by atoms with Gasteiger partial charge in [0.25, 0.3) is 5.56 Å². The highest BCUT2D eigenvalue weighted by molar-refractivity contribution is 5.99. The number of hydrogen-bond donors (Lipinski definition) is 0. The highest BCUT2D eigenvalue weighted by atomic mass is 19.4. The van der Waals surface area contributed by atoms with E-state index in [1.807, 2.05) is 6.92 Å². The third-order valence-electron chi connectivity index (χ3n) is 5.16. The minimum absolute atomic E-state index is 0.120. The number of nitrogens with zero attached hydrogens (tertiary/aromatic N) is 5. The van der Waals surface area contributed by atoms with E-state index >= 15 is 0 Å². The number of ketones is 1. The van der Waals surface area contributed by atoms with Gasteiger partial charge in [-0.25, -0.2) is 15.0 Å². The highest BCUT2D eigenvalue weighted by Gasteiger charge is 2.47. The fraction of sp³-hybridized carbons (Fsp3) is 0.286. The molecule has 0 saturated carbocycles. The summed E-state index contributed by atoms with van der Waals surface area (Å²) in [5, 5.41) is 0. The van der Waals surface area contributed by atoms with Gasteiger partial charge in [-0.2, -0.15) is 13.2 Å². The molecule has 31 heavy (non-hydrogen) atoms. The molecule has 0 radical (unpaired) electrons. The minimum Gasteiger partial charge on any atom is -0.322 e. The molecule has 0 spiro atoms. The number of aromatic nitrogens is 4. The van der Waals surface area contributed by atoms with Crippen LogP contribution in [0.3, 0.4) is 0 Å². The first-order valence-corrected chi connectivity index (χ1v) is 9.55. The number of hydrogen-bond acceptors (Lipinski definition) is 6. The smallest absolute Gasteiger partial charge is 0.322 e. The number of carbonyl (C=O) groups is 1. The van der Waals surface area contributed by atoms with Crippen molar-refractivity contribution < 1.29 is 18.0 Å². The average molecular weight is 429 g/mol. The van der Waals surface area contributed by atoms with Gasteiger partial charge in [0, 0.05) is 24.4 Å². The number of rotatable bonds is 4. The molecule has 3 aromatic rings. The van der Waals surface area contributed by atoms with Crippen LogP contribution in [0.5, 0.6) is 0 Å². The number of fused-ring (bicyclic) bond motifs is 1. The van der Waals surface area contributed by atoms with Crippen LogP contribution in [0.2, 0.25) is 0 Å². The zero-order chi connectivity index (χ0) is 22.2. The van der Waals surface area contributed by atoms with Crippen molar-refractivity contribution in [3.63, 3.8) is 0 Å². The molecule has 10 heteroatoms. The van der Waals surface area contributed by atoms with Gasteiger partial charge in [-0.3, -0.25) is 14.2 Å². The average Bonchev–Trinajstić information content (AvgIpc) is 2.74. The van der Waals surface area contributed by atoms with E-state index < -0.39 is 30.1 Å². The number of carbonyl (C=O) groups excluding carboxylic acids is 1. The fourth-order valence-electron chi connectivity index (χ4n) is 3.55. The zero-order valence-electron chi connectivity index (χ0n) is 16.5. The number of anilines is 1. The van der Waals surface area contributed by atoms with Gasteiger partial charge in [-0.1, -0.05) is 29.8 Å². The molecule has 4 rings (SSSR count). The molecule has 1 aliphatic rings. The highest BCUT2D eigenvalue weighted by Crippen LogP contribution is 2.34. The van der Waals surface area contributed by atoms with Gasteiger partial charge in [-0.15, -0.1) is 0 Å². The van der Waals surface area contributed by atoms with Crippen molar-refractivity contribution in [2.24, 2.45) is 0 Å². The SMILES string of the molecule is Cc1ccc(C(=O)CN2c3nc(-c4ccncn4)cc(=O)n3CCC2C(F)(F)F)cc1. The normalized spacial score (nSPS) is 16.1. The zero-order valence-corrected chi connectivity index (χ0v) is 16.5. The van der Waals surface area contributed by atoms with Gasteiger partial charge in [0.2, 0.25) is 5.95 Å². The summed E-state index contributed by atoms with van der Waals surface area (Å²) >= 11 is 0. The number of alkyl halides is 3. The monoisotopic (exact) mass is 429 g/mol. The Labute approximate surface area is 175 Å². The second kappa shape index (κ2) is 7.93. The van der Waals surface area contributed by atoms with Crippen molar-refractivity contribution in [1.82, 2.24) is 19.5 Å². The number of benzene rings is 1. The van der Waals surface area contributed by atoms with Crippen LogP contribution in [-0.2, 0) is 6.54 Å². The van der Waals surface area contributed by atoms with Crippen molar-refractivity contribution in [2.75, 3.05) is 11.4 Å². The molecule has 0 fully saturated rings. The Bertz CT molecular complexity index is 1160. The molecular formula is C21H18F3N5O2. The van der Waals surface area contributed by atoms with E-state index in [0.29, 0.717) is 5.69 Å². The molecule has 3 heterocycles. The van der Waals surface area contributed by atoms with Crippen molar-refractivity contribution >= 4 is 11.7 Å². The summed E-state index contributed by atoms with van der Waals surface area (Å²) in [6, 6.07) is 7.37. The first-order chi connectivity index (χ1) is 14.7. The molecule has 0 saturated heterocycles. The standard InChI is InChI=1S/C21H18F3N5O2/c1-13-2-4-14(5-3-13)17(30)11-29-18(21(22,23)24)7-9-28-19(31)10-16(27-20(28)29)15-6-8-25-12-26-15/h2-6,8,10,12,18H,7,9,11H2,1H3. The third kappa shape index (κ3) is 4.18. The van der Waals surface area contributed by atoms with Crippen LogP contribution in [-0.4, -0.2) is 44.1 Å². The van der Waals surface area contributed by atoms with Gasteiger partial charge in [0.15, 0.2) is 5.78 Å². The summed E-state index contributed by atoms with van der Waals surface area (Å²) < 4.78 is 42.6. The Hall–Kier alpha value is -3.56. The summed E-state index contributed by atoms with van der Waals surface area (Å²) in [5.41, 5.74) is 1.13. The summed E-state index contributed by atoms with van der Waals surface area (Å²) in [6.07, 6.45) is -2.25. The van der Waals surface area contributed by atoms with E-state index in [1.165, 1.54) is 24.7 Å². The van der Waals surface area contributed by atoms with Crippen molar-refractivity contribution in [1.29, 1.82) is 0 Å². The Morgan fingerprint density at radius 3 is 2.55 bits per heavy atom. The Kier molecular flexibility index (Phi) is 5.30. The van der Waals surface area contributed by atoms with Crippen LogP contribution in [0.15, 0.2) is 53.7 Å². The number of aryl methyl sites for hydroxylation is 1. The van der Waals surface area contributed by atoms with E-state index in [0.717, 1.165) is 15.0 Å².